The van der Waals surface area contributed by atoms with E-state index in [2.05, 4.69) is 70.2 Å². The Bertz CT molecular complexity index is 210. The first-order chi connectivity index (χ1) is 4.61. The van der Waals surface area contributed by atoms with Gasteiger partial charge in [0.2, 0.25) is 0 Å². The van der Waals surface area contributed by atoms with Gasteiger partial charge in [0, 0.05) is 12.9 Å². The molecule has 1 rings (SSSR count). The van der Waals surface area contributed by atoms with Crippen LogP contribution in [0, 0.1) is 10.5 Å². The first-order valence-corrected chi connectivity index (χ1v) is 5.08. The van der Waals surface area contributed by atoms with Gasteiger partial charge in [0.25, 0.3) is 0 Å². The van der Waals surface area contributed by atoms with Gasteiger partial charge < -0.3 is 0 Å². The maximum Gasteiger partial charge on any atom is 0.0275 e. The summed E-state index contributed by atoms with van der Waals surface area (Å²) in [6.45, 7) is 2.06. The summed E-state index contributed by atoms with van der Waals surface area (Å²) in [7, 11) is 0. The van der Waals surface area contributed by atoms with Crippen LogP contribution in [0.3, 0.4) is 0 Å². The third kappa shape index (κ3) is 1.89. The van der Waals surface area contributed by atoms with Gasteiger partial charge in [0.1, 0.15) is 0 Å². The molecule has 0 nitrogen and oxygen atoms in total. The van der Waals surface area contributed by atoms with Crippen LogP contribution in [0.4, 0.5) is 0 Å². The normalized spacial score (nSPS) is 10.0. The molecular weight excluding hydrogens is 323 g/mol. The molecular formula is C7H6BrIS. The maximum absolute atomic E-state index is 4.29. The molecule has 10 heavy (non-hydrogen) atoms. The van der Waals surface area contributed by atoms with E-state index in [9.17, 15) is 0 Å². The summed E-state index contributed by atoms with van der Waals surface area (Å²) in [5.74, 6) is 0. The number of thiol groups is 1. The molecule has 0 atom stereocenters. The quantitative estimate of drug-likeness (QED) is 0.545. The van der Waals surface area contributed by atoms with Gasteiger partial charge in [0.15, 0.2) is 0 Å². The summed E-state index contributed by atoms with van der Waals surface area (Å²) in [5, 5.41) is 0. The highest BCUT2D eigenvalue weighted by Crippen LogP contribution is 2.24. The molecule has 3 heteroatoms. The molecule has 0 aliphatic carbocycles. The van der Waals surface area contributed by atoms with Crippen LogP contribution in [-0.4, -0.2) is 0 Å². The second-order valence-electron chi connectivity index (χ2n) is 2.05. The maximum atomic E-state index is 4.29. The molecule has 0 aliphatic heterocycles. The van der Waals surface area contributed by atoms with Crippen molar-refractivity contribution >= 4 is 51.1 Å². The second kappa shape index (κ2) is 3.45. The molecule has 0 amide bonds. The molecule has 0 radical (unpaired) electrons. The fourth-order valence-corrected chi connectivity index (χ4v) is 2.14. The average molecular weight is 329 g/mol. The van der Waals surface area contributed by atoms with Crippen molar-refractivity contribution in [2.75, 3.05) is 0 Å². The summed E-state index contributed by atoms with van der Waals surface area (Å²) in [6.07, 6.45) is 0. The third-order valence-electron chi connectivity index (χ3n) is 1.23. The minimum Gasteiger partial charge on any atom is -0.142 e. The van der Waals surface area contributed by atoms with Crippen LogP contribution in [-0.2, 0) is 0 Å². The van der Waals surface area contributed by atoms with Crippen LogP contribution in [0.25, 0.3) is 0 Å². The van der Waals surface area contributed by atoms with Crippen molar-refractivity contribution in [3.63, 3.8) is 0 Å². The standard InChI is InChI=1S/C7H6BrIS/c1-4-2-7(10)6(9)3-5(4)8/h2-3,10H,1H3. The summed E-state index contributed by atoms with van der Waals surface area (Å²) in [4.78, 5) is 1.04. The summed E-state index contributed by atoms with van der Waals surface area (Å²) in [6, 6.07) is 4.12. The van der Waals surface area contributed by atoms with Crippen LogP contribution < -0.4 is 0 Å². The molecule has 0 aliphatic rings. The number of hydrogen-bond acceptors (Lipinski definition) is 1. The third-order valence-corrected chi connectivity index (χ3v) is 3.77. The Morgan fingerprint density at radius 2 is 2.10 bits per heavy atom. The minimum atomic E-state index is 1.04. The Balaban J connectivity index is 3.28. The lowest BCUT2D eigenvalue weighted by atomic mass is 10.2. The molecule has 1 aromatic rings. The Morgan fingerprint density at radius 1 is 1.50 bits per heavy atom. The fraction of sp³-hybridized carbons (Fsp3) is 0.143. The van der Waals surface area contributed by atoms with Crippen molar-refractivity contribution in [1.82, 2.24) is 0 Å². The fourth-order valence-electron chi connectivity index (χ4n) is 0.642. The van der Waals surface area contributed by atoms with E-state index in [1.165, 1.54) is 9.13 Å². The van der Waals surface area contributed by atoms with Crippen molar-refractivity contribution in [2.45, 2.75) is 11.8 Å². The van der Waals surface area contributed by atoms with Crippen molar-refractivity contribution in [3.05, 3.63) is 25.7 Å². The first-order valence-electron chi connectivity index (χ1n) is 2.76. The Morgan fingerprint density at radius 3 is 2.60 bits per heavy atom. The topological polar surface area (TPSA) is 0 Å². The van der Waals surface area contributed by atoms with Crippen LogP contribution in [0.5, 0.6) is 0 Å². The first kappa shape index (κ1) is 8.87. The molecule has 0 unspecified atom stereocenters. The van der Waals surface area contributed by atoms with E-state index < -0.39 is 0 Å². The Kier molecular flexibility index (Phi) is 3.06. The highest BCUT2D eigenvalue weighted by Gasteiger charge is 1.98. The number of halogens is 2. The molecule has 0 bridgehead atoms. The van der Waals surface area contributed by atoms with Crippen LogP contribution >= 0.6 is 51.1 Å². The van der Waals surface area contributed by atoms with Crippen LogP contribution in [0.2, 0.25) is 0 Å². The zero-order chi connectivity index (χ0) is 7.72. The van der Waals surface area contributed by atoms with E-state index >= 15 is 0 Å². The van der Waals surface area contributed by atoms with Gasteiger partial charge in [-0.15, -0.1) is 12.6 Å². The molecule has 0 fully saturated rings. The average Bonchev–Trinajstić information content (AvgIpc) is 1.84. The highest BCUT2D eigenvalue weighted by atomic mass is 127. The van der Waals surface area contributed by atoms with E-state index in [4.69, 9.17) is 0 Å². The monoisotopic (exact) mass is 328 g/mol. The zero-order valence-corrected chi connectivity index (χ0v) is 10.00. The van der Waals surface area contributed by atoms with Crippen molar-refractivity contribution in [3.8, 4) is 0 Å². The van der Waals surface area contributed by atoms with Crippen molar-refractivity contribution in [2.24, 2.45) is 0 Å². The smallest absolute Gasteiger partial charge is 0.0275 e. The van der Waals surface area contributed by atoms with E-state index in [1.54, 1.807) is 0 Å². The molecule has 0 spiro atoms. The van der Waals surface area contributed by atoms with E-state index in [-0.39, 0.29) is 0 Å². The number of rotatable bonds is 0. The summed E-state index contributed by atoms with van der Waals surface area (Å²) < 4.78 is 2.33. The Hall–Kier alpha value is 0.780. The van der Waals surface area contributed by atoms with Gasteiger partial charge in [-0.2, -0.15) is 0 Å². The lowest BCUT2D eigenvalue weighted by molar-refractivity contribution is 1.31. The molecule has 54 valence electrons. The zero-order valence-electron chi connectivity index (χ0n) is 5.36. The van der Waals surface area contributed by atoms with Gasteiger partial charge in [-0.05, 0) is 47.2 Å². The van der Waals surface area contributed by atoms with E-state index in [0.717, 1.165) is 9.37 Å². The molecule has 0 saturated heterocycles. The number of benzene rings is 1. The molecule has 0 saturated carbocycles. The summed E-state index contributed by atoms with van der Waals surface area (Å²) in [5.41, 5.74) is 1.23. The van der Waals surface area contributed by atoms with Crippen LogP contribution in [0.15, 0.2) is 21.5 Å². The van der Waals surface area contributed by atoms with Gasteiger partial charge in [-0.1, -0.05) is 15.9 Å². The van der Waals surface area contributed by atoms with E-state index in [0.29, 0.717) is 0 Å². The number of hydrogen-bond donors (Lipinski definition) is 1. The van der Waals surface area contributed by atoms with Gasteiger partial charge in [-0.25, -0.2) is 0 Å². The number of aryl methyl sites for hydroxylation is 1. The van der Waals surface area contributed by atoms with Crippen molar-refractivity contribution < 1.29 is 0 Å². The minimum absolute atomic E-state index is 1.04. The van der Waals surface area contributed by atoms with Gasteiger partial charge in [0.05, 0.1) is 0 Å². The molecule has 1 aromatic carbocycles. The highest BCUT2D eigenvalue weighted by molar-refractivity contribution is 14.1. The predicted molar refractivity (Wildman–Crippen MR) is 58.8 cm³/mol. The van der Waals surface area contributed by atoms with Gasteiger partial charge in [-0.3, -0.25) is 0 Å². The SMILES string of the molecule is Cc1cc(S)c(I)cc1Br. The Labute approximate surface area is 88.1 Å². The lowest BCUT2D eigenvalue weighted by Crippen LogP contribution is -1.79. The van der Waals surface area contributed by atoms with Crippen LogP contribution in [0.1, 0.15) is 5.56 Å². The van der Waals surface area contributed by atoms with Gasteiger partial charge >= 0.3 is 0 Å². The predicted octanol–water partition coefficient (Wildman–Crippen LogP) is 3.65. The summed E-state index contributed by atoms with van der Waals surface area (Å²) >= 11 is 9.99. The molecule has 0 heterocycles. The lowest BCUT2D eigenvalue weighted by Gasteiger charge is -2.00. The van der Waals surface area contributed by atoms with E-state index in [1.807, 2.05) is 0 Å². The second-order valence-corrected chi connectivity index (χ2v) is 4.55. The largest absolute Gasteiger partial charge is 0.142 e. The van der Waals surface area contributed by atoms with Crippen molar-refractivity contribution in [1.29, 1.82) is 0 Å². The molecule has 0 aromatic heterocycles. The molecule has 0 N–H and O–H groups in total.